The van der Waals surface area contributed by atoms with Gasteiger partial charge in [-0.3, -0.25) is 28.8 Å². The number of hydrogen-bond donors (Lipinski definition) is 5. The van der Waals surface area contributed by atoms with Crippen LogP contribution in [0.4, 0.5) is 8.78 Å². The molecule has 0 aromatic carbocycles. The monoisotopic (exact) mass is 703 g/mol. The van der Waals surface area contributed by atoms with Crippen molar-refractivity contribution in [1.82, 2.24) is 36.1 Å². The maximum absolute atomic E-state index is 15.2. The van der Waals surface area contributed by atoms with E-state index in [1.54, 1.807) is 27.7 Å². The van der Waals surface area contributed by atoms with E-state index in [2.05, 4.69) is 31.2 Å². The summed E-state index contributed by atoms with van der Waals surface area (Å²) in [6, 6.07) is -4.84. The molecule has 15 heteroatoms. The first-order valence-corrected chi connectivity index (χ1v) is 18.1. The van der Waals surface area contributed by atoms with Gasteiger partial charge in [0, 0.05) is 37.3 Å². The Kier molecular flexibility index (Phi) is 11.3. The molecule has 2 heterocycles. The van der Waals surface area contributed by atoms with E-state index in [4.69, 9.17) is 0 Å². The van der Waals surface area contributed by atoms with Gasteiger partial charge in [0.15, 0.2) is 5.82 Å². The molecule has 5 rings (SSSR count). The van der Waals surface area contributed by atoms with Crippen molar-refractivity contribution in [2.75, 3.05) is 6.54 Å². The number of amides is 5. The Labute approximate surface area is 291 Å². The second-order valence-electron chi connectivity index (χ2n) is 15.6. The molecule has 1 aromatic rings. The van der Waals surface area contributed by atoms with Crippen LogP contribution in [0.3, 0.4) is 0 Å². The number of nitrogens with zero attached hydrogens (tertiary/aromatic N) is 2. The molecule has 6 atom stereocenters. The molecule has 0 spiro atoms. The van der Waals surface area contributed by atoms with Crippen molar-refractivity contribution in [1.29, 1.82) is 0 Å². The lowest BCUT2D eigenvalue weighted by atomic mass is 9.82. The number of alkyl halides is 2. The molecule has 276 valence electrons. The molecule has 5 amide bonds. The standard InChI is InChI=1S/C35H51F2N7O6/c1-5-9-23(26(45)31(48)40-20-12-13-20)41-30(47)25-21-14-15-35(36,37)22(21)18-44(25)33(50)27(34(2,3)4)43-29(46)24(19-10-7-6-8-11-19)42-32(49)28-38-16-17-39-28/h16-17,19-25,27H,5-15,18H2,1-4H3,(H,38,39)(H,40,48)(H,41,47)(H,42,49)(H,43,46)/t21-,22-,23-,24?,25?,27+/m0/s1. The van der Waals surface area contributed by atoms with E-state index in [1.807, 2.05) is 0 Å². The predicted octanol–water partition coefficient (Wildman–Crippen LogP) is 2.62. The van der Waals surface area contributed by atoms with E-state index in [9.17, 15) is 28.8 Å². The number of imidazole rings is 1. The number of aromatic nitrogens is 2. The lowest BCUT2D eigenvalue weighted by Gasteiger charge is -2.38. The number of aromatic amines is 1. The van der Waals surface area contributed by atoms with Crippen molar-refractivity contribution in [3.05, 3.63) is 18.2 Å². The summed E-state index contributed by atoms with van der Waals surface area (Å²) in [4.78, 5) is 89.2. The fourth-order valence-electron chi connectivity index (χ4n) is 7.79. The summed E-state index contributed by atoms with van der Waals surface area (Å²) in [6.45, 7) is 6.55. The van der Waals surface area contributed by atoms with Gasteiger partial charge in [-0.05, 0) is 55.8 Å². The normalized spacial score (nSPS) is 25.2. The van der Waals surface area contributed by atoms with Crippen LogP contribution < -0.4 is 21.3 Å². The zero-order valence-corrected chi connectivity index (χ0v) is 29.4. The van der Waals surface area contributed by atoms with E-state index < -0.39 is 95.6 Å². The average Bonchev–Trinajstić information content (AvgIpc) is 3.43. The van der Waals surface area contributed by atoms with Gasteiger partial charge in [0.25, 0.3) is 17.7 Å². The van der Waals surface area contributed by atoms with Crippen molar-refractivity contribution < 1.29 is 37.5 Å². The second kappa shape index (κ2) is 15.1. The lowest BCUT2D eigenvalue weighted by Crippen LogP contribution is -2.62. The summed E-state index contributed by atoms with van der Waals surface area (Å²) in [7, 11) is 0. The topological polar surface area (TPSA) is 182 Å². The quantitative estimate of drug-likeness (QED) is 0.196. The van der Waals surface area contributed by atoms with Crippen LogP contribution >= 0.6 is 0 Å². The summed E-state index contributed by atoms with van der Waals surface area (Å²) >= 11 is 0. The third kappa shape index (κ3) is 8.34. The van der Waals surface area contributed by atoms with E-state index in [1.165, 1.54) is 12.4 Å². The van der Waals surface area contributed by atoms with Crippen molar-refractivity contribution in [2.45, 2.75) is 134 Å². The smallest absolute Gasteiger partial charge is 0.289 e. The maximum Gasteiger partial charge on any atom is 0.289 e. The maximum atomic E-state index is 15.2. The highest BCUT2D eigenvalue weighted by molar-refractivity contribution is 6.38. The number of Topliss-reactive ketones (excluding diaryl/α,β-unsaturated/α-hetero) is 1. The number of likely N-dealkylation sites (tertiary alicyclic amines) is 1. The highest BCUT2D eigenvalue weighted by atomic mass is 19.3. The fraction of sp³-hybridized carbons (Fsp3) is 0.743. The minimum absolute atomic E-state index is 0.0107. The van der Waals surface area contributed by atoms with E-state index in [-0.39, 0.29) is 30.6 Å². The first-order valence-electron chi connectivity index (χ1n) is 18.1. The summed E-state index contributed by atoms with van der Waals surface area (Å²) in [5.41, 5.74) is -0.933. The van der Waals surface area contributed by atoms with Gasteiger partial charge in [-0.15, -0.1) is 0 Å². The third-order valence-electron chi connectivity index (χ3n) is 10.7. The van der Waals surface area contributed by atoms with Gasteiger partial charge >= 0.3 is 0 Å². The van der Waals surface area contributed by atoms with Gasteiger partial charge in [0.1, 0.15) is 18.1 Å². The summed E-state index contributed by atoms with van der Waals surface area (Å²) in [6.07, 6.45) is 8.73. The van der Waals surface area contributed by atoms with Crippen LogP contribution in [-0.4, -0.2) is 92.9 Å². The van der Waals surface area contributed by atoms with Gasteiger partial charge in [-0.25, -0.2) is 13.8 Å². The Balaban J connectivity index is 1.39. The molecule has 2 unspecified atom stereocenters. The van der Waals surface area contributed by atoms with Crippen LogP contribution in [0.15, 0.2) is 12.4 Å². The Morgan fingerprint density at radius 2 is 1.70 bits per heavy atom. The minimum Gasteiger partial charge on any atom is -0.347 e. The van der Waals surface area contributed by atoms with Crippen LogP contribution in [0.25, 0.3) is 0 Å². The average molecular weight is 704 g/mol. The fourth-order valence-corrected chi connectivity index (χ4v) is 7.79. The first kappa shape index (κ1) is 37.3. The number of halogens is 2. The Hall–Kier alpha value is -3.91. The highest BCUT2D eigenvalue weighted by Gasteiger charge is 2.61. The zero-order valence-electron chi connectivity index (χ0n) is 29.4. The number of carbonyl (C=O) groups is 6. The summed E-state index contributed by atoms with van der Waals surface area (Å²) < 4.78 is 30.4. The largest absolute Gasteiger partial charge is 0.347 e. The number of nitrogens with one attached hydrogen (secondary N) is 5. The molecule has 5 N–H and O–H groups in total. The third-order valence-corrected chi connectivity index (χ3v) is 10.7. The Bertz CT molecular complexity index is 1440. The van der Waals surface area contributed by atoms with Crippen molar-refractivity contribution in [3.63, 3.8) is 0 Å². The molecule has 0 radical (unpaired) electrons. The molecule has 1 aromatic heterocycles. The van der Waals surface area contributed by atoms with Gasteiger partial charge in [0.05, 0.1) is 6.04 Å². The highest BCUT2D eigenvalue weighted by Crippen LogP contribution is 2.51. The summed E-state index contributed by atoms with van der Waals surface area (Å²) in [5, 5.41) is 10.9. The number of H-pyrrole nitrogens is 1. The molecule has 13 nitrogen and oxygen atoms in total. The molecule has 4 fully saturated rings. The second-order valence-corrected chi connectivity index (χ2v) is 15.6. The minimum atomic E-state index is -3.12. The van der Waals surface area contributed by atoms with Crippen LogP contribution in [0.1, 0.15) is 109 Å². The van der Waals surface area contributed by atoms with Crippen molar-refractivity contribution >= 4 is 35.3 Å². The molecule has 3 saturated carbocycles. The molecule has 4 aliphatic rings. The number of carbonyl (C=O) groups excluding carboxylic acids is 6. The summed E-state index contributed by atoms with van der Waals surface area (Å²) in [5.74, 6) is -9.75. The van der Waals surface area contributed by atoms with Crippen molar-refractivity contribution in [2.24, 2.45) is 23.2 Å². The zero-order chi connectivity index (χ0) is 36.4. The van der Waals surface area contributed by atoms with Crippen molar-refractivity contribution in [3.8, 4) is 0 Å². The molecule has 3 aliphatic carbocycles. The number of hydrogen-bond acceptors (Lipinski definition) is 7. The van der Waals surface area contributed by atoms with Crippen LogP contribution in [0.5, 0.6) is 0 Å². The predicted molar refractivity (Wildman–Crippen MR) is 177 cm³/mol. The SMILES string of the molecule is CCC[C@H](NC(=O)C1[C@H]2CCC(F)(F)[C@H]2CN1C(=O)[C@@H](NC(=O)C(NC(=O)c1ncc[nH]1)C1CCCCC1)C(C)(C)C)C(=O)C(=O)NC1CC1. The molecule has 50 heavy (non-hydrogen) atoms. The Morgan fingerprint density at radius 3 is 2.30 bits per heavy atom. The number of ketones is 1. The molecule has 1 saturated heterocycles. The molecule has 1 aliphatic heterocycles. The Morgan fingerprint density at radius 1 is 1.00 bits per heavy atom. The number of fused-ring (bicyclic) bond motifs is 1. The number of rotatable bonds is 13. The van der Waals surface area contributed by atoms with E-state index in [0.717, 1.165) is 37.0 Å². The van der Waals surface area contributed by atoms with Crippen LogP contribution in [-0.2, 0) is 24.0 Å². The van der Waals surface area contributed by atoms with Crippen LogP contribution in [0, 0.1) is 23.2 Å². The van der Waals surface area contributed by atoms with Gasteiger partial charge in [-0.1, -0.05) is 53.4 Å². The first-order chi connectivity index (χ1) is 23.6. The van der Waals surface area contributed by atoms with Gasteiger partial charge < -0.3 is 31.2 Å². The van der Waals surface area contributed by atoms with Gasteiger partial charge in [-0.2, -0.15) is 0 Å². The molecular formula is C35H51F2N7O6. The molecule has 0 bridgehead atoms. The van der Waals surface area contributed by atoms with Gasteiger partial charge in [0.2, 0.25) is 23.5 Å². The van der Waals surface area contributed by atoms with E-state index in [0.29, 0.717) is 19.3 Å². The van der Waals surface area contributed by atoms with Crippen LogP contribution in [0.2, 0.25) is 0 Å². The van der Waals surface area contributed by atoms with E-state index >= 15 is 8.78 Å². The molecular weight excluding hydrogens is 652 g/mol. The lowest BCUT2D eigenvalue weighted by molar-refractivity contribution is -0.146.